The van der Waals surface area contributed by atoms with Gasteiger partial charge in [0.25, 0.3) is 0 Å². The Kier molecular flexibility index (Phi) is 6.50. The first kappa shape index (κ1) is 18.3. The Labute approximate surface area is 154 Å². The fraction of sp³-hybridized carbons (Fsp3) is 0.381. The van der Waals surface area contributed by atoms with Crippen LogP contribution in [0.25, 0.3) is 0 Å². The molecule has 3 rings (SSSR count). The zero-order valence-corrected chi connectivity index (χ0v) is 15.2. The SMILES string of the molecule is COc1ccccc1Oc1ccc(CNC(=O)CCC2CCNC2)cc1. The van der Waals surface area contributed by atoms with Crippen molar-refractivity contribution in [1.29, 1.82) is 0 Å². The molecule has 138 valence electrons. The Balaban J connectivity index is 1.46. The number of rotatable bonds is 8. The largest absolute Gasteiger partial charge is 0.493 e. The standard InChI is InChI=1S/C21H26N2O3/c1-25-19-4-2-3-5-20(19)26-18-9-6-16(7-10-18)15-23-21(24)11-8-17-12-13-22-14-17/h2-7,9-10,17,22H,8,11-15H2,1H3,(H,23,24). The van der Waals surface area contributed by atoms with Gasteiger partial charge in [0.15, 0.2) is 11.5 Å². The van der Waals surface area contributed by atoms with Crippen molar-refractivity contribution >= 4 is 5.91 Å². The minimum atomic E-state index is 0.117. The van der Waals surface area contributed by atoms with Crippen molar-refractivity contribution in [3.63, 3.8) is 0 Å². The van der Waals surface area contributed by atoms with E-state index in [1.54, 1.807) is 7.11 Å². The third kappa shape index (κ3) is 5.23. The lowest BCUT2D eigenvalue weighted by Crippen LogP contribution is -2.23. The third-order valence-electron chi connectivity index (χ3n) is 4.65. The van der Waals surface area contributed by atoms with E-state index in [4.69, 9.17) is 9.47 Å². The number of methoxy groups -OCH3 is 1. The van der Waals surface area contributed by atoms with Crippen LogP contribution in [0.3, 0.4) is 0 Å². The van der Waals surface area contributed by atoms with Gasteiger partial charge in [0.2, 0.25) is 5.91 Å². The smallest absolute Gasteiger partial charge is 0.220 e. The van der Waals surface area contributed by atoms with Gasteiger partial charge in [-0.25, -0.2) is 0 Å². The molecule has 2 N–H and O–H groups in total. The molecule has 2 aromatic carbocycles. The molecular weight excluding hydrogens is 328 g/mol. The van der Waals surface area contributed by atoms with E-state index in [1.165, 1.54) is 6.42 Å². The summed E-state index contributed by atoms with van der Waals surface area (Å²) in [5.74, 6) is 2.87. The van der Waals surface area contributed by atoms with Gasteiger partial charge < -0.3 is 20.1 Å². The summed E-state index contributed by atoms with van der Waals surface area (Å²) in [5, 5.41) is 6.32. The van der Waals surface area contributed by atoms with Crippen LogP contribution in [-0.4, -0.2) is 26.1 Å². The lowest BCUT2D eigenvalue weighted by Gasteiger charge is -2.11. The van der Waals surface area contributed by atoms with Gasteiger partial charge in [-0.05, 0) is 61.7 Å². The van der Waals surface area contributed by atoms with E-state index in [9.17, 15) is 4.79 Å². The maximum atomic E-state index is 12.0. The average Bonchev–Trinajstić information content (AvgIpc) is 3.20. The third-order valence-corrected chi connectivity index (χ3v) is 4.65. The monoisotopic (exact) mass is 354 g/mol. The molecule has 1 heterocycles. The van der Waals surface area contributed by atoms with Gasteiger partial charge in [-0.15, -0.1) is 0 Å². The van der Waals surface area contributed by atoms with Gasteiger partial charge in [-0.3, -0.25) is 4.79 Å². The Morgan fingerprint density at radius 1 is 1.15 bits per heavy atom. The predicted molar refractivity (Wildman–Crippen MR) is 102 cm³/mol. The lowest BCUT2D eigenvalue weighted by atomic mass is 10.0. The summed E-state index contributed by atoms with van der Waals surface area (Å²) in [7, 11) is 1.62. The van der Waals surface area contributed by atoms with Gasteiger partial charge in [0.05, 0.1) is 7.11 Å². The molecule has 1 aliphatic heterocycles. The Bertz CT molecular complexity index is 709. The topological polar surface area (TPSA) is 59.6 Å². The van der Waals surface area contributed by atoms with Crippen LogP contribution in [0.5, 0.6) is 17.2 Å². The number of hydrogen-bond acceptors (Lipinski definition) is 4. The molecule has 1 unspecified atom stereocenters. The molecule has 1 atom stereocenters. The van der Waals surface area contributed by atoms with E-state index in [0.717, 1.165) is 30.8 Å². The zero-order valence-electron chi connectivity index (χ0n) is 15.2. The predicted octanol–water partition coefficient (Wildman–Crippen LogP) is 3.49. The fourth-order valence-corrected chi connectivity index (χ4v) is 3.09. The summed E-state index contributed by atoms with van der Waals surface area (Å²) in [6.07, 6.45) is 2.74. The van der Waals surface area contributed by atoms with E-state index in [1.807, 2.05) is 48.5 Å². The Morgan fingerprint density at radius 3 is 2.62 bits per heavy atom. The van der Waals surface area contributed by atoms with Gasteiger partial charge in [-0.2, -0.15) is 0 Å². The molecule has 0 spiro atoms. The number of amides is 1. The van der Waals surface area contributed by atoms with Crippen LogP contribution in [0, 0.1) is 5.92 Å². The summed E-state index contributed by atoms with van der Waals surface area (Å²) in [6.45, 7) is 2.66. The number of benzene rings is 2. The maximum absolute atomic E-state index is 12.0. The van der Waals surface area contributed by atoms with Crippen molar-refractivity contribution in [3.8, 4) is 17.2 Å². The molecule has 1 aliphatic rings. The first-order chi connectivity index (χ1) is 12.7. The summed E-state index contributed by atoms with van der Waals surface area (Å²) in [5.41, 5.74) is 1.05. The highest BCUT2D eigenvalue weighted by Gasteiger charge is 2.15. The molecule has 0 aromatic heterocycles. The number of nitrogens with one attached hydrogen (secondary N) is 2. The maximum Gasteiger partial charge on any atom is 0.220 e. The molecule has 1 amide bonds. The fourth-order valence-electron chi connectivity index (χ4n) is 3.09. The molecule has 1 fully saturated rings. The lowest BCUT2D eigenvalue weighted by molar-refractivity contribution is -0.121. The van der Waals surface area contributed by atoms with Gasteiger partial charge in [0.1, 0.15) is 5.75 Å². The van der Waals surface area contributed by atoms with Gasteiger partial charge in [-0.1, -0.05) is 24.3 Å². The number of carbonyl (C=O) groups is 1. The normalized spacial score (nSPS) is 16.3. The van der Waals surface area contributed by atoms with E-state index >= 15 is 0 Å². The van der Waals surface area contributed by atoms with E-state index < -0.39 is 0 Å². The molecule has 26 heavy (non-hydrogen) atoms. The van der Waals surface area contributed by atoms with E-state index in [2.05, 4.69) is 10.6 Å². The van der Waals surface area contributed by atoms with Crippen molar-refractivity contribution in [2.75, 3.05) is 20.2 Å². The van der Waals surface area contributed by atoms with Crippen molar-refractivity contribution in [1.82, 2.24) is 10.6 Å². The van der Waals surface area contributed by atoms with Crippen molar-refractivity contribution < 1.29 is 14.3 Å². The zero-order chi connectivity index (χ0) is 18.2. The number of carbonyl (C=O) groups excluding carboxylic acids is 1. The molecule has 5 nitrogen and oxygen atoms in total. The van der Waals surface area contributed by atoms with Crippen LogP contribution in [-0.2, 0) is 11.3 Å². The molecule has 0 aliphatic carbocycles. The second-order valence-corrected chi connectivity index (χ2v) is 6.57. The second kappa shape index (κ2) is 9.25. The van der Waals surface area contributed by atoms with Crippen LogP contribution in [0.15, 0.2) is 48.5 Å². The van der Waals surface area contributed by atoms with Crippen LogP contribution < -0.4 is 20.1 Å². The van der Waals surface area contributed by atoms with Crippen LogP contribution >= 0.6 is 0 Å². The van der Waals surface area contributed by atoms with Crippen molar-refractivity contribution in [3.05, 3.63) is 54.1 Å². The minimum Gasteiger partial charge on any atom is -0.493 e. The Hall–Kier alpha value is -2.53. The van der Waals surface area contributed by atoms with E-state index in [-0.39, 0.29) is 5.91 Å². The van der Waals surface area contributed by atoms with Crippen LogP contribution in [0.4, 0.5) is 0 Å². The van der Waals surface area contributed by atoms with Crippen molar-refractivity contribution in [2.45, 2.75) is 25.8 Å². The number of ether oxygens (including phenoxy) is 2. The van der Waals surface area contributed by atoms with Gasteiger partial charge in [0, 0.05) is 13.0 Å². The molecule has 2 aromatic rings. The number of para-hydroxylation sites is 2. The molecule has 0 radical (unpaired) electrons. The van der Waals surface area contributed by atoms with E-state index in [0.29, 0.717) is 30.4 Å². The summed E-state index contributed by atoms with van der Waals surface area (Å²) in [4.78, 5) is 12.0. The molecule has 0 saturated carbocycles. The average molecular weight is 354 g/mol. The first-order valence-corrected chi connectivity index (χ1v) is 9.12. The molecule has 5 heteroatoms. The molecule has 1 saturated heterocycles. The number of hydrogen-bond donors (Lipinski definition) is 2. The summed E-state index contributed by atoms with van der Waals surface area (Å²) in [6, 6.07) is 15.3. The van der Waals surface area contributed by atoms with Crippen molar-refractivity contribution in [2.24, 2.45) is 5.92 Å². The van der Waals surface area contributed by atoms with Crippen LogP contribution in [0.2, 0.25) is 0 Å². The van der Waals surface area contributed by atoms with Gasteiger partial charge >= 0.3 is 0 Å². The second-order valence-electron chi connectivity index (χ2n) is 6.57. The van der Waals surface area contributed by atoms with Crippen LogP contribution in [0.1, 0.15) is 24.8 Å². The quantitative estimate of drug-likeness (QED) is 0.762. The molecular formula is C21H26N2O3. The summed E-state index contributed by atoms with van der Waals surface area (Å²) < 4.78 is 11.1. The minimum absolute atomic E-state index is 0.117. The Morgan fingerprint density at radius 2 is 1.92 bits per heavy atom. The molecule has 0 bridgehead atoms. The highest BCUT2D eigenvalue weighted by atomic mass is 16.5. The highest BCUT2D eigenvalue weighted by molar-refractivity contribution is 5.75. The highest BCUT2D eigenvalue weighted by Crippen LogP contribution is 2.30. The summed E-state index contributed by atoms with van der Waals surface area (Å²) >= 11 is 0. The first-order valence-electron chi connectivity index (χ1n) is 9.12.